The molecular weight excluding hydrogens is 171 g/mol. The maximum Gasteiger partial charge on any atom is 0.222 e. The van der Waals surface area contributed by atoms with Gasteiger partial charge in [-0.3, -0.25) is 9.69 Å². The summed E-state index contributed by atoms with van der Waals surface area (Å²) in [7, 11) is 0. The van der Waals surface area contributed by atoms with E-state index < -0.39 is 0 Å². The van der Waals surface area contributed by atoms with E-state index >= 15 is 0 Å². The van der Waals surface area contributed by atoms with Gasteiger partial charge >= 0.3 is 0 Å². The lowest BCUT2D eigenvalue weighted by Gasteiger charge is -2.34. The summed E-state index contributed by atoms with van der Waals surface area (Å²) in [6, 6.07) is 0. The third kappa shape index (κ3) is 2.95. The van der Waals surface area contributed by atoms with E-state index in [9.17, 15) is 9.18 Å². The number of alkyl halides is 1. The fourth-order valence-corrected chi connectivity index (χ4v) is 1.56. The second-order valence-electron chi connectivity index (χ2n) is 3.26. The van der Waals surface area contributed by atoms with Crippen molar-refractivity contribution < 1.29 is 9.18 Å². The molecule has 76 valence electrons. The van der Waals surface area contributed by atoms with E-state index in [2.05, 4.69) is 4.90 Å². The van der Waals surface area contributed by atoms with Gasteiger partial charge in [0.2, 0.25) is 5.91 Å². The first-order valence-corrected chi connectivity index (χ1v) is 4.84. The number of piperazine rings is 1. The molecule has 0 radical (unpaired) electrons. The minimum atomic E-state index is -0.290. The van der Waals surface area contributed by atoms with Gasteiger partial charge in [0.15, 0.2) is 0 Å². The third-order valence-electron chi connectivity index (χ3n) is 2.43. The Morgan fingerprint density at radius 1 is 1.31 bits per heavy atom. The van der Waals surface area contributed by atoms with Crippen LogP contribution in [0.2, 0.25) is 0 Å². The van der Waals surface area contributed by atoms with Gasteiger partial charge in [-0.25, -0.2) is 4.39 Å². The van der Waals surface area contributed by atoms with Crippen LogP contribution >= 0.6 is 0 Å². The molecule has 0 saturated carbocycles. The van der Waals surface area contributed by atoms with Crippen LogP contribution in [0.1, 0.15) is 13.3 Å². The van der Waals surface area contributed by atoms with Gasteiger partial charge in [0.05, 0.1) is 0 Å². The molecule has 1 rings (SSSR count). The van der Waals surface area contributed by atoms with Crippen molar-refractivity contribution in [3.8, 4) is 0 Å². The topological polar surface area (TPSA) is 23.6 Å². The Balaban J connectivity index is 2.26. The number of amides is 1. The molecule has 0 bridgehead atoms. The first-order valence-electron chi connectivity index (χ1n) is 4.84. The van der Waals surface area contributed by atoms with Crippen LogP contribution in [0, 0.1) is 0 Å². The molecule has 0 unspecified atom stereocenters. The molecule has 0 N–H and O–H groups in total. The summed E-state index contributed by atoms with van der Waals surface area (Å²) < 4.78 is 12.0. The van der Waals surface area contributed by atoms with Gasteiger partial charge in [-0.15, -0.1) is 0 Å². The summed E-state index contributed by atoms with van der Waals surface area (Å²) in [4.78, 5) is 15.2. The fourth-order valence-electron chi connectivity index (χ4n) is 1.56. The maximum absolute atomic E-state index is 12.0. The second kappa shape index (κ2) is 5.17. The van der Waals surface area contributed by atoms with E-state index in [-0.39, 0.29) is 12.6 Å². The zero-order valence-electron chi connectivity index (χ0n) is 8.13. The van der Waals surface area contributed by atoms with Crippen LogP contribution in [-0.2, 0) is 4.79 Å². The molecule has 1 fully saturated rings. The van der Waals surface area contributed by atoms with E-state index in [0.717, 1.165) is 26.2 Å². The Kier molecular flexibility index (Phi) is 4.15. The Morgan fingerprint density at radius 3 is 2.38 bits per heavy atom. The van der Waals surface area contributed by atoms with Gasteiger partial charge in [0, 0.05) is 39.1 Å². The van der Waals surface area contributed by atoms with E-state index in [1.807, 2.05) is 11.8 Å². The van der Waals surface area contributed by atoms with E-state index in [1.54, 1.807) is 0 Å². The molecule has 1 saturated heterocycles. The van der Waals surface area contributed by atoms with Gasteiger partial charge in [-0.2, -0.15) is 0 Å². The maximum atomic E-state index is 12.0. The van der Waals surface area contributed by atoms with Crippen molar-refractivity contribution in [1.29, 1.82) is 0 Å². The summed E-state index contributed by atoms with van der Waals surface area (Å²) in [6.45, 7) is 5.23. The Hall–Kier alpha value is -0.640. The molecule has 0 aromatic heterocycles. The normalized spacial score (nSPS) is 19.1. The van der Waals surface area contributed by atoms with Crippen molar-refractivity contribution >= 4 is 5.91 Å². The smallest absolute Gasteiger partial charge is 0.222 e. The number of nitrogens with zero attached hydrogens (tertiary/aromatic N) is 2. The lowest BCUT2D eigenvalue weighted by Crippen LogP contribution is -2.48. The third-order valence-corrected chi connectivity index (χ3v) is 2.43. The van der Waals surface area contributed by atoms with Gasteiger partial charge in [-0.05, 0) is 0 Å². The zero-order valence-corrected chi connectivity index (χ0v) is 8.13. The summed E-state index contributed by atoms with van der Waals surface area (Å²) in [6.07, 6.45) is 0.573. The first-order chi connectivity index (χ1) is 6.27. The van der Waals surface area contributed by atoms with Crippen molar-refractivity contribution in [3.05, 3.63) is 0 Å². The van der Waals surface area contributed by atoms with Crippen molar-refractivity contribution in [2.24, 2.45) is 0 Å². The summed E-state index contributed by atoms with van der Waals surface area (Å²) in [5.41, 5.74) is 0. The van der Waals surface area contributed by atoms with E-state index in [4.69, 9.17) is 0 Å². The minimum Gasteiger partial charge on any atom is -0.340 e. The summed E-state index contributed by atoms with van der Waals surface area (Å²) in [5.74, 6) is 0.208. The van der Waals surface area contributed by atoms with Crippen LogP contribution in [0.4, 0.5) is 4.39 Å². The predicted molar refractivity (Wildman–Crippen MR) is 49.3 cm³/mol. The molecule has 0 aromatic rings. The summed E-state index contributed by atoms with van der Waals surface area (Å²) >= 11 is 0. The van der Waals surface area contributed by atoms with Crippen LogP contribution in [0.3, 0.4) is 0 Å². The highest BCUT2D eigenvalue weighted by Crippen LogP contribution is 2.03. The standard InChI is InChI=1S/C9H17FN2O/c1-2-9(13)12-7-5-11(4-3-10)6-8-12/h2-8H2,1H3. The first kappa shape index (κ1) is 10.4. The zero-order chi connectivity index (χ0) is 9.68. The van der Waals surface area contributed by atoms with Crippen molar-refractivity contribution in [3.63, 3.8) is 0 Å². The predicted octanol–water partition coefficient (Wildman–Crippen LogP) is 0.510. The molecule has 1 heterocycles. The highest BCUT2D eigenvalue weighted by molar-refractivity contribution is 5.75. The number of hydrogen-bond donors (Lipinski definition) is 0. The van der Waals surface area contributed by atoms with Gasteiger partial charge in [-0.1, -0.05) is 6.92 Å². The Morgan fingerprint density at radius 2 is 1.92 bits per heavy atom. The van der Waals surface area contributed by atoms with Crippen LogP contribution in [0.5, 0.6) is 0 Å². The summed E-state index contributed by atoms with van der Waals surface area (Å²) in [5, 5.41) is 0. The van der Waals surface area contributed by atoms with Gasteiger partial charge in [0.25, 0.3) is 0 Å². The molecule has 0 aromatic carbocycles. The number of carbonyl (C=O) groups is 1. The quantitative estimate of drug-likeness (QED) is 0.644. The SMILES string of the molecule is CCC(=O)N1CCN(CCF)CC1. The molecule has 0 spiro atoms. The van der Waals surface area contributed by atoms with Gasteiger partial charge < -0.3 is 4.90 Å². The lowest BCUT2D eigenvalue weighted by atomic mass is 10.3. The van der Waals surface area contributed by atoms with Crippen molar-refractivity contribution in [1.82, 2.24) is 9.80 Å². The molecule has 0 atom stereocenters. The molecule has 0 aliphatic carbocycles. The van der Waals surface area contributed by atoms with Crippen LogP contribution < -0.4 is 0 Å². The number of rotatable bonds is 3. The highest BCUT2D eigenvalue weighted by atomic mass is 19.1. The van der Waals surface area contributed by atoms with Crippen LogP contribution in [0.15, 0.2) is 0 Å². The number of halogens is 1. The monoisotopic (exact) mass is 188 g/mol. The van der Waals surface area contributed by atoms with Crippen LogP contribution in [0.25, 0.3) is 0 Å². The molecule has 1 aliphatic heterocycles. The Bertz CT molecular complexity index is 167. The van der Waals surface area contributed by atoms with E-state index in [1.165, 1.54) is 0 Å². The fraction of sp³-hybridized carbons (Fsp3) is 0.889. The second-order valence-corrected chi connectivity index (χ2v) is 3.26. The van der Waals surface area contributed by atoms with Crippen molar-refractivity contribution in [2.75, 3.05) is 39.4 Å². The minimum absolute atomic E-state index is 0.208. The molecule has 1 aliphatic rings. The molecule has 4 heteroatoms. The number of hydrogen-bond acceptors (Lipinski definition) is 2. The average molecular weight is 188 g/mol. The van der Waals surface area contributed by atoms with Gasteiger partial charge in [0.1, 0.15) is 6.67 Å². The number of carbonyl (C=O) groups excluding carboxylic acids is 1. The molecule has 3 nitrogen and oxygen atoms in total. The average Bonchev–Trinajstić information content (AvgIpc) is 2.18. The largest absolute Gasteiger partial charge is 0.340 e. The van der Waals surface area contributed by atoms with E-state index in [0.29, 0.717) is 13.0 Å². The molecule has 1 amide bonds. The highest BCUT2D eigenvalue weighted by Gasteiger charge is 2.18. The molecular formula is C9H17FN2O. The lowest BCUT2D eigenvalue weighted by molar-refractivity contribution is -0.132. The van der Waals surface area contributed by atoms with Crippen LogP contribution in [-0.4, -0.2) is 55.1 Å². The Labute approximate surface area is 78.5 Å². The van der Waals surface area contributed by atoms with Crippen molar-refractivity contribution in [2.45, 2.75) is 13.3 Å². The molecule has 13 heavy (non-hydrogen) atoms.